The summed E-state index contributed by atoms with van der Waals surface area (Å²) in [6.07, 6.45) is 0. The summed E-state index contributed by atoms with van der Waals surface area (Å²) in [5.74, 6) is -0.118. The number of hydrogen-bond donors (Lipinski definition) is 0. The first-order valence-corrected chi connectivity index (χ1v) is 6.90. The van der Waals surface area contributed by atoms with E-state index in [-0.39, 0.29) is 10.9 Å². The molecule has 0 saturated heterocycles. The van der Waals surface area contributed by atoms with Crippen molar-refractivity contribution >= 4 is 26.5 Å². The minimum Gasteiger partial charge on any atom is -0.346 e. The highest BCUT2D eigenvalue weighted by atomic mass is 32.2. The lowest BCUT2D eigenvalue weighted by Gasteiger charge is -2.10. The Kier molecular flexibility index (Phi) is 3.16. The van der Waals surface area contributed by atoms with Gasteiger partial charge >= 0.3 is 0 Å². The highest BCUT2D eigenvalue weighted by Crippen LogP contribution is 2.25. The van der Waals surface area contributed by atoms with Gasteiger partial charge in [0, 0.05) is 5.13 Å². The molecule has 0 amide bonds. The van der Waals surface area contributed by atoms with Gasteiger partial charge in [0.2, 0.25) is 0 Å². The Morgan fingerprint density at radius 1 is 1.25 bits per heavy atom. The average molecular weight is 254 g/mol. The second kappa shape index (κ2) is 4.58. The van der Waals surface area contributed by atoms with E-state index >= 15 is 0 Å². The summed E-state index contributed by atoms with van der Waals surface area (Å²) in [5.41, 5.74) is 2.15. The van der Waals surface area contributed by atoms with Gasteiger partial charge in [-0.2, -0.15) is 0 Å². The van der Waals surface area contributed by atoms with E-state index in [1.807, 2.05) is 6.07 Å². The van der Waals surface area contributed by atoms with Crippen LogP contribution in [-0.2, 0) is 15.8 Å². The highest BCUT2D eigenvalue weighted by Gasteiger charge is 2.07. The van der Waals surface area contributed by atoms with E-state index in [0.717, 1.165) is 11.3 Å². The Morgan fingerprint density at radius 3 is 2.62 bits per heavy atom. The number of aromatic nitrogens is 2. The standard InChI is InChI=1S/C9H8N3O2S2/c13-16(14,12-9-11-10-7-15-9)6-8-4-2-1-3-5-8/h1-5,7H,6H2/q-1. The van der Waals surface area contributed by atoms with Gasteiger partial charge in [-0.25, -0.2) is 8.42 Å². The van der Waals surface area contributed by atoms with Crippen molar-refractivity contribution in [2.45, 2.75) is 5.75 Å². The second-order valence-electron chi connectivity index (χ2n) is 3.02. The van der Waals surface area contributed by atoms with E-state index in [1.165, 1.54) is 5.51 Å². The molecule has 16 heavy (non-hydrogen) atoms. The van der Waals surface area contributed by atoms with E-state index in [4.69, 9.17) is 0 Å². The fourth-order valence-corrected chi connectivity index (χ4v) is 2.89. The Labute approximate surface area is 97.2 Å². The highest BCUT2D eigenvalue weighted by molar-refractivity contribution is 7.93. The van der Waals surface area contributed by atoms with Gasteiger partial charge in [0.1, 0.15) is 0 Å². The van der Waals surface area contributed by atoms with Crippen LogP contribution in [0.5, 0.6) is 0 Å². The van der Waals surface area contributed by atoms with Gasteiger partial charge in [0.15, 0.2) is 10.0 Å². The third-order valence-electron chi connectivity index (χ3n) is 1.76. The zero-order valence-corrected chi connectivity index (χ0v) is 9.78. The van der Waals surface area contributed by atoms with Gasteiger partial charge in [-0.1, -0.05) is 30.3 Å². The maximum Gasteiger partial charge on any atom is 0.178 e. The molecule has 0 aliphatic rings. The third kappa shape index (κ3) is 3.01. The molecule has 1 aromatic carbocycles. The minimum absolute atomic E-state index is 0.118. The van der Waals surface area contributed by atoms with Crippen molar-refractivity contribution in [3.05, 3.63) is 46.1 Å². The quantitative estimate of drug-likeness (QED) is 0.837. The Bertz CT molecular complexity index is 537. The third-order valence-corrected chi connectivity index (χ3v) is 3.61. The molecule has 0 aliphatic carbocycles. The van der Waals surface area contributed by atoms with Crippen LogP contribution in [0.2, 0.25) is 0 Å². The first kappa shape index (κ1) is 11.0. The summed E-state index contributed by atoms with van der Waals surface area (Å²) < 4.78 is 26.8. The van der Waals surface area contributed by atoms with Gasteiger partial charge in [-0.15, -0.1) is 11.3 Å². The van der Waals surface area contributed by atoms with Crippen LogP contribution in [0.15, 0.2) is 35.8 Å². The molecule has 0 spiro atoms. The van der Waals surface area contributed by atoms with E-state index in [2.05, 4.69) is 14.9 Å². The lowest BCUT2D eigenvalue weighted by Crippen LogP contribution is -2.00. The first-order chi connectivity index (χ1) is 7.66. The summed E-state index contributed by atoms with van der Waals surface area (Å²) in [6.45, 7) is 0. The van der Waals surface area contributed by atoms with Crippen molar-refractivity contribution < 1.29 is 8.42 Å². The van der Waals surface area contributed by atoms with Crippen LogP contribution >= 0.6 is 11.3 Å². The van der Waals surface area contributed by atoms with Crippen LogP contribution in [0.4, 0.5) is 5.13 Å². The van der Waals surface area contributed by atoms with Crippen LogP contribution in [0.25, 0.3) is 4.72 Å². The van der Waals surface area contributed by atoms with Crippen molar-refractivity contribution in [2.24, 2.45) is 0 Å². The van der Waals surface area contributed by atoms with E-state index in [0.29, 0.717) is 5.56 Å². The maximum absolute atomic E-state index is 11.6. The van der Waals surface area contributed by atoms with Crippen molar-refractivity contribution in [3.63, 3.8) is 0 Å². The molecule has 0 aliphatic heterocycles. The van der Waals surface area contributed by atoms with Crippen molar-refractivity contribution in [3.8, 4) is 0 Å². The molecule has 5 nitrogen and oxygen atoms in total. The molecule has 2 aromatic rings. The SMILES string of the molecule is O=S(=O)(Cc1ccccc1)[N-]c1nncs1. The number of benzene rings is 1. The van der Waals surface area contributed by atoms with E-state index in [1.54, 1.807) is 24.3 Å². The van der Waals surface area contributed by atoms with Crippen molar-refractivity contribution in [1.29, 1.82) is 0 Å². The molecule has 1 aromatic heterocycles. The fourth-order valence-electron chi connectivity index (χ4n) is 1.14. The average Bonchev–Trinajstić information content (AvgIpc) is 2.70. The monoisotopic (exact) mass is 254 g/mol. The number of hydrogen-bond acceptors (Lipinski definition) is 5. The smallest absolute Gasteiger partial charge is 0.178 e. The van der Waals surface area contributed by atoms with Gasteiger partial charge < -0.3 is 9.82 Å². The maximum atomic E-state index is 11.6. The number of sulfonamides is 1. The summed E-state index contributed by atoms with van der Waals surface area (Å²) in [6, 6.07) is 8.89. The molecular weight excluding hydrogens is 246 g/mol. The van der Waals surface area contributed by atoms with E-state index in [9.17, 15) is 8.42 Å². The molecule has 7 heteroatoms. The molecule has 0 saturated carbocycles. The van der Waals surface area contributed by atoms with Crippen molar-refractivity contribution in [1.82, 2.24) is 10.2 Å². The molecule has 0 fully saturated rings. The Morgan fingerprint density at radius 2 is 2.00 bits per heavy atom. The molecular formula is C9H8N3O2S2-. The van der Waals surface area contributed by atoms with Crippen LogP contribution in [0.1, 0.15) is 5.56 Å². The molecule has 0 bridgehead atoms. The summed E-state index contributed by atoms with van der Waals surface area (Å²) in [5, 5.41) is 7.25. The van der Waals surface area contributed by atoms with E-state index < -0.39 is 10.0 Å². The van der Waals surface area contributed by atoms with Crippen molar-refractivity contribution in [2.75, 3.05) is 0 Å². The second-order valence-corrected chi connectivity index (χ2v) is 5.47. The predicted octanol–water partition coefficient (Wildman–Crippen LogP) is 2.07. The fraction of sp³-hybridized carbons (Fsp3) is 0.111. The molecule has 84 valence electrons. The Hall–Kier alpha value is -1.47. The number of rotatable bonds is 4. The normalized spacial score (nSPS) is 11.2. The van der Waals surface area contributed by atoms with Crippen LogP contribution in [0.3, 0.4) is 0 Å². The molecule has 0 radical (unpaired) electrons. The summed E-state index contributed by atoms with van der Waals surface area (Å²) in [4.78, 5) is 0. The van der Waals surface area contributed by atoms with Gasteiger partial charge in [0.05, 0.1) is 11.3 Å². The summed E-state index contributed by atoms with van der Waals surface area (Å²) >= 11 is 1.09. The molecule has 2 rings (SSSR count). The lowest BCUT2D eigenvalue weighted by molar-refractivity contribution is 0.602. The van der Waals surface area contributed by atoms with Gasteiger partial charge in [-0.3, -0.25) is 5.10 Å². The zero-order valence-electron chi connectivity index (χ0n) is 8.15. The van der Waals surface area contributed by atoms with Crippen LogP contribution in [-0.4, -0.2) is 18.6 Å². The molecule has 1 heterocycles. The van der Waals surface area contributed by atoms with Crippen LogP contribution in [0, 0.1) is 0 Å². The number of nitrogens with zero attached hydrogens (tertiary/aromatic N) is 3. The Balaban J connectivity index is 2.09. The lowest BCUT2D eigenvalue weighted by atomic mass is 10.2. The first-order valence-electron chi connectivity index (χ1n) is 4.41. The summed E-state index contributed by atoms with van der Waals surface area (Å²) in [7, 11) is -3.52. The predicted molar refractivity (Wildman–Crippen MR) is 62.0 cm³/mol. The zero-order chi connectivity index (χ0) is 11.4. The minimum atomic E-state index is -3.52. The van der Waals surface area contributed by atoms with Crippen LogP contribution < -0.4 is 0 Å². The van der Waals surface area contributed by atoms with Gasteiger partial charge in [0.25, 0.3) is 0 Å². The molecule has 0 N–H and O–H groups in total. The topological polar surface area (TPSA) is 74.0 Å². The largest absolute Gasteiger partial charge is 0.346 e. The molecule has 0 unspecified atom stereocenters. The molecule has 0 atom stereocenters. The van der Waals surface area contributed by atoms with Gasteiger partial charge in [-0.05, 0) is 5.56 Å².